The van der Waals surface area contributed by atoms with Gasteiger partial charge >= 0.3 is 5.97 Å². The van der Waals surface area contributed by atoms with Crippen molar-refractivity contribution in [3.63, 3.8) is 0 Å². The first-order chi connectivity index (χ1) is 17.3. The van der Waals surface area contributed by atoms with E-state index in [-0.39, 0.29) is 10.8 Å². The van der Waals surface area contributed by atoms with Crippen LogP contribution in [0.2, 0.25) is 5.15 Å². The number of allylic oxidation sites excluding steroid dienone is 4. The molecule has 2 heterocycles. The largest absolute Gasteiger partial charge is 0.476 e. The number of tetrazole rings is 1. The summed E-state index contributed by atoms with van der Waals surface area (Å²) >= 11 is 5.62. The number of aromatic nitrogens is 6. The van der Waals surface area contributed by atoms with Gasteiger partial charge in [0, 0.05) is 6.42 Å². The topological polar surface area (TPSA) is 120 Å². The summed E-state index contributed by atoms with van der Waals surface area (Å²) < 4.78 is 0. The Morgan fingerprint density at radius 2 is 1.86 bits per heavy atom. The van der Waals surface area contributed by atoms with E-state index < -0.39 is 5.97 Å². The number of aromatic amines is 2. The summed E-state index contributed by atoms with van der Waals surface area (Å²) in [6.45, 7) is 14.4. The molecule has 198 valence electrons. The van der Waals surface area contributed by atoms with E-state index in [4.69, 9.17) is 16.7 Å². The fourth-order valence-corrected chi connectivity index (χ4v) is 2.84. The van der Waals surface area contributed by atoms with Gasteiger partial charge in [-0.1, -0.05) is 113 Å². The van der Waals surface area contributed by atoms with E-state index in [1.54, 1.807) is 6.92 Å². The molecular weight excluding hydrogens is 476 g/mol. The first-order valence-electron chi connectivity index (χ1n) is 12.4. The molecule has 0 bridgehead atoms. The number of rotatable bonds is 8. The Labute approximate surface area is 220 Å². The zero-order chi connectivity index (χ0) is 27.3. The Morgan fingerprint density at radius 1 is 1.19 bits per heavy atom. The number of halogens is 1. The lowest BCUT2D eigenvalue weighted by molar-refractivity contribution is 0.0691. The molecule has 0 spiro atoms. The van der Waals surface area contributed by atoms with Gasteiger partial charge in [0.1, 0.15) is 11.0 Å². The molecule has 36 heavy (non-hydrogen) atoms. The second kappa shape index (κ2) is 20.0. The van der Waals surface area contributed by atoms with E-state index in [1.165, 1.54) is 17.6 Å². The minimum atomic E-state index is -1.09. The lowest BCUT2D eigenvalue weighted by Crippen LogP contribution is -1.97. The van der Waals surface area contributed by atoms with Crippen molar-refractivity contribution in [1.82, 2.24) is 30.6 Å². The number of aryl methyl sites for hydroxylation is 2. The number of H-pyrrole nitrogens is 2. The van der Waals surface area contributed by atoms with Crippen molar-refractivity contribution < 1.29 is 9.90 Å². The summed E-state index contributed by atoms with van der Waals surface area (Å²) in [5, 5.41) is 21.5. The van der Waals surface area contributed by atoms with Crippen LogP contribution in [0.25, 0.3) is 5.57 Å². The van der Waals surface area contributed by atoms with E-state index in [2.05, 4.69) is 107 Å². The van der Waals surface area contributed by atoms with Crippen molar-refractivity contribution in [3.05, 3.63) is 76.6 Å². The fourth-order valence-electron chi connectivity index (χ4n) is 2.61. The molecule has 9 heteroatoms. The van der Waals surface area contributed by atoms with E-state index in [0.29, 0.717) is 17.6 Å². The summed E-state index contributed by atoms with van der Waals surface area (Å²) in [5.41, 5.74) is 2.50. The molecule has 0 saturated heterocycles. The summed E-state index contributed by atoms with van der Waals surface area (Å²) in [4.78, 5) is 17.1. The minimum Gasteiger partial charge on any atom is -0.476 e. The number of unbranched alkanes of at least 4 members (excludes halogenated alkanes) is 1. The number of nitrogens with one attached hydrogen (secondary N) is 2. The van der Waals surface area contributed by atoms with E-state index >= 15 is 0 Å². The van der Waals surface area contributed by atoms with Gasteiger partial charge in [-0.15, -0.1) is 10.2 Å². The van der Waals surface area contributed by atoms with Crippen molar-refractivity contribution in [2.24, 2.45) is 5.92 Å². The Morgan fingerprint density at radius 3 is 2.28 bits per heavy atom. The second-order valence-corrected chi connectivity index (χ2v) is 7.95. The van der Waals surface area contributed by atoms with E-state index in [9.17, 15) is 4.79 Å². The van der Waals surface area contributed by atoms with Crippen molar-refractivity contribution in [3.8, 4) is 0 Å². The zero-order valence-corrected chi connectivity index (χ0v) is 23.3. The molecule has 2 aromatic heterocycles. The number of nitrogens with zero attached hydrogens (tertiary/aromatic N) is 4. The highest BCUT2D eigenvalue weighted by molar-refractivity contribution is 6.32. The van der Waals surface area contributed by atoms with Crippen LogP contribution in [-0.4, -0.2) is 41.7 Å². The maximum absolute atomic E-state index is 10.5. The van der Waals surface area contributed by atoms with Crippen molar-refractivity contribution in [2.45, 2.75) is 74.1 Å². The molecule has 0 amide bonds. The first kappa shape index (κ1) is 32.7. The predicted molar refractivity (Wildman–Crippen MR) is 148 cm³/mol. The standard InChI is InChI=1S/C15H20.C8H11ClN2O2.C2H4N4.C2H6/c1-4-13(3)11-12-14(5-2)15-9-7-6-8-10-15;1-2-3-4-5-10-6(8(12)13)7(9)11-5;1-2-3-5-6-4-2;1-2/h5-13H,4H2,1-3H3;2-4H2,1H3,(H,10,11)(H,12,13);1H3,(H,3,4,5,6);1-2H3/b12-11-,14-5+;;;. The van der Waals surface area contributed by atoms with E-state index in [0.717, 1.165) is 19.3 Å². The van der Waals surface area contributed by atoms with E-state index in [1.807, 2.05) is 13.8 Å². The van der Waals surface area contributed by atoms with Gasteiger partial charge in [0.15, 0.2) is 11.5 Å². The van der Waals surface area contributed by atoms with Gasteiger partial charge in [-0.3, -0.25) is 0 Å². The maximum atomic E-state index is 10.5. The smallest absolute Gasteiger partial charge is 0.357 e. The lowest BCUT2D eigenvalue weighted by Gasteiger charge is -2.03. The van der Waals surface area contributed by atoms with Crippen LogP contribution in [0.15, 0.2) is 48.6 Å². The molecule has 1 atom stereocenters. The SMILES string of the molecule is C/C=C(\C=C/C(C)CC)c1ccccc1.CC.CCCCc1nc(C(=O)O)c(Cl)[nH]1.Cc1nn[nH]n1. The number of carbonyl (C=O) groups is 1. The Balaban J connectivity index is 0.000000528. The maximum Gasteiger partial charge on any atom is 0.357 e. The van der Waals surface area contributed by atoms with Crippen molar-refractivity contribution >= 4 is 23.1 Å². The number of carboxylic acid groups (broad SMARTS) is 1. The van der Waals surface area contributed by atoms with Crippen LogP contribution in [0.4, 0.5) is 0 Å². The average molecular weight is 517 g/mol. The third-order valence-electron chi connectivity index (χ3n) is 4.80. The summed E-state index contributed by atoms with van der Waals surface area (Å²) in [7, 11) is 0. The summed E-state index contributed by atoms with van der Waals surface area (Å²) in [6.07, 6.45) is 10.6. The number of benzene rings is 1. The number of carboxylic acids is 1. The lowest BCUT2D eigenvalue weighted by atomic mass is 10.0. The normalized spacial score (nSPS) is 11.4. The van der Waals surface area contributed by atoms with Gasteiger partial charge in [0.05, 0.1) is 0 Å². The van der Waals surface area contributed by atoms with Crippen LogP contribution >= 0.6 is 11.6 Å². The monoisotopic (exact) mass is 516 g/mol. The fraction of sp³-hybridized carbons (Fsp3) is 0.444. The second-order valence-electron chi connectivity index (χ2n) is 7.57. The van der Waals surface area contributed by atoms with Gasteiger partial charge in [0.25, 0.3) is 0 Å². The molecule has 0 aliphatic heterocycles. The van der Waals surface area contributed by atoms with Gasteiger partial charge in [0.2, 0.25) is 0 Å². The van der Waals surface area contributed by atoms with Gasteiger partial charge < -0.3 is 10.1 Å². The third-order valence-corrected chi connectivity index (χ3v) is 5.07. The Hall–Kier alpha value is -3.26. The van der Waals surface area contributed by atoms with Crippen LogP contribution in [-0.2, 0) is 6.42 Å². The van der Waals surface area contributed by atoms with Crippen LogP contribution in [0, 0.1) is 12.8 Å². The number of aromatic carboxylic acids is 1. The van der Waals surface area contributed by atoms with Crippen LogP contribution < -0.4 is 0 Å². The Kier molecular flexibility index (Phi) is 18.2. The molecule has 0 fully saturated rings. The summed E-state index contributed by atoms with van der Waals surface area (Å²) in [5.74, 6) is 0.881. The molecule has 1 aromatic carbocycles. The van der Waals surface area contributed by atoms with Crippen molar-refractivity contribution in [2.75, 3.05) is 0 Å². The first-order valence-corrected chi connectivity index (χ1v) is 12.8. The molecule has 8 nitrogen and oxygen atoms in total. The van der Waals surface area contributed by atoms with Gasteiger partial charge in [-0.2, -0.15) is 5.21 Å². The highest BCUT2D eigenvalue weighted by atomic mass is 35.5. The van der Waals surface area contributed by atoms with Gasteiger partial charge in [-0.05, 0) is 37.3 Å². The molecule has 3 N–H and O–H groups in total. The minimum absolute atomic E-state index is 0.0900. The number of imidazole rings is 1. The zero-order valence-electron chi connectivity index (χ0n) is 22.5. The third kappa shape index (κ3) is 13.6. The van der Waals surface area contributed by atoms with Crippen LogP contribution in [0.3, 0.4) is 0 Å². The number of hydrogen-bond donors (Lipinski definition) is 3. The molecule has 0 saturated carbocycles. The Bertz CT molecular complexity index is 1010. The van der Waals surface area contributed by atoms with Crippen molar-refractivity contribution in [1.29, 1.82) is 0 Å². The average Bonchev–Trinajstić information content (AvgIpc) is 3.53. The van der Waals surface area contributed by atoms with Crippen LogP contribution in [0.1, 0.15) is 88.5 Å². The van der Waals surface area contributed by atoms with Gasteiger partial charge in [-0.25, -0.2) is 9.78 Å². The molecule has 0 aliphatic rings. The van der Waals surface area contributed by atoms with Crippen LogP contribution in [0.5, 0.6) is 0 Å². The number of hydrogen-bond acceptors (Lipinski definition) is 5. The highest BCUT2D eigenvalue weighted by Gasteiger charge is 2.14. The molecular formula is C27H41ClN6O2. The molecule has 1 unspecified atom stereocenters. The molecule has 3 rings (SSSR count). The summed E-state index contributed by atoms with van der Waals surface area (Å²) in [6, 6.07) is 10.5. The quantitative estimate of drug-likeness (QED) is 0.269. The predicted octanol–water partition coefficient (Wildman–Crippen LogP) is 7.33. The highest BCUT2D eigenvalue weighted by Crippen LogP contribution is 2.17. The molecule has 0 aliphatic carbocycles. The molecule has 0 radical (unpaired) electrons. The molecule has 3 aromatic rings.